The molecule has 1 saturated carbocycles. The van der Waals surface area contributed by atoms with Gasteiger partial charge in [-0.25, -0.2) is 14.7 Å². The normalized spacial score (nSPS) is 16.5. The molecule has 3 rings (SSSR count). The molecule has 13 heteroatoms. The zero-order valence-corrected chi connectivity index (χ0v) is 33.2. The maximum atomic E-state index is 14.7. The van der Waals surface area contributed by atoms with Crippen molar-refractivity contribution in [1.82, 2.24) is 25.5 Å². The minimum Gasteiger partial charge on any atom is -0.443 e. The molecule has 302 valence electrons. The van der Waals surface area contributed by atoms with Crippen molar-refractivity contribution in [2.24, 2.45) is 29.2 Å². The van der Waals surface area contributed by atoms with Crippen molar-refractivity contribution < 1.29 is 29.0 Å². The second-order valence-corrected chi connectivity index (χ2v) is 16.4. The van der Waals surface area contributed by atoms with Gasteiger partial charge in [0.1, 0.15) is 11.6 Å². The van der Waals surface area contributed by atoms with Crippen LogP contribution in [0.25, 0.3) is 0 Å². The molecule has 4 amide bonds. The van der Waals surface area contributed by atoms with Crippen molar-refractivity contribution >= 4 is 23.8 Å². The average Bonchev–Trinajstić information content (AvgIpc) is 3.63. The third kappa shape index (κ3) is 15.5. The van der Waals surface area contributed by atoms with Gasteiger partial charge in [0.15, 0.2) is 0 Å². The summed E-state index contributed by atoms with van der Waals surface area (Å²) in [5, 5.41) is 18.1. The Hall–Kier alpha value is -3.81. The Morgan fingerprint density at radius 3 is 2.31 bits per heavy atom. The summed E-state index contributed by atoms with van der Waals surface area (Å²) in [6.07, 6.45) is 10.0. The number of imide groups is 1. The van der Waals surface area contributed by atoms with E-state index in [1.807, 2.05) is 44.2 Å². The molecule has 2 aromatic rings. The lowest BCUT2D eigenvalue weighted by molar-refractivity contribution is -0.141. The Morgan fingerprint density at radius 1 is 1.00 bits per heavy atom. The molecule has 1 aromatic carbocycles. The van der Waals surface area contributed by atoms with E-state index in [0.29, 0.717) is 31.6 Å². The minimum absolute atomic E-state index is 0.118. The molecule has 8 N–H and O–H groups in total. The summed E-state index contributed by atoms with van der Waals surface area (Å²) in [6.45, 7) is 10.3. The number of hydrogen-bond donors (Lipinski definition) is 6. The molecule has 5 atom stereocenters. The van der Waals surface area contributed by atoms with E-state index in [-0.39, 0.29) is 37.0 Å². The van der Waals surface area contributed by atoms with Gasteiger partial charge in [-0.1, -0.05) is 82.7 Å². The molecular formula is C41H67N7O6. The Balaban J connectivity index is 1.96. The first-order valence-electron chi connectivity index (χ1n) is 20.0. The zero-order chi connectivity index (χ0) is 39.7. The number of amides is 4. The molecule has 1 aliphatic rings. The number of carbonyl (C=O) groups is 4. The van der Waals surface area contributed by atoms with Crippen LogP contribution in [0.5, 0.6) is 0 Å². The summed E-state index contributed by atoms with van der Waals surface area (Å²) in [4.78, 5) is 64.3. The molecule has 0 saturated heterocycles. The van der Waals surface area contributed by atoms with Crippen LogP contribution < -0.4 is 22.1 Å². The first-order chi connectivity index (χ1) is 25.7. The molecule has 13 nitrogen and oxygen atoms in total. The highest BCUT2D eigenvalue weighted by Crippen LogP contribution is 2.30. The largest absolute Gasteiger partial charge is 0.443 e. The zero-order valence-electron chi connectivity index (χ0n) is 33.2. The topological polar surface area (TPSA) is 206 Å². The number of imidazole rings is 1. The van der Waals surface area contributed by atoms with Crippen LogP contribution in [0.15, 0.2) is 42.9 Å². The van der Waals surface area contributed by atoms with E-state index < -0.39 is 53.7 Å². The van der Waals surface area contributed by atoms with Gasteiger partial charge in [0, 0.05) is 25.1 Å². The van der Waals surface area contributed by atoms with Gasteiger partial charge in [-0.15, -0.1) is 0 Å². The van der Waals surface area contributed by atoms with Crippen molar-refractivity contribution in [1.29, 1.82) is 0 Å². The lowest BCUT2D eigenvalue weighted by Crippen LogP contribution is -2.60. The number of ether oxygens (including phenoxy) is 1. The van der Waals surface area contributed by atoms with Crippen LogP contribution in [0, 0.1) is 17.8 Å². The first kappa shape index (κ1) is 44.6. The number of unbranched alkanes of at least 4 members (excludes halogenated alkanes) is 2. The van der Waals surface area contributed by atoms with Crippen molar-refractivity contribution in [3.8, 4) is 0 Å². The lowest BCUT2D eigenvalue weighted by Gasteiger charge is -2.36. The Labute approximate surface area is 322 Å². The number of rotatable bonds is 21. The van der Waals surface area contributed by atoms with Crippen molar-refractivity contribution in [3.63, 3.8) is 0 Å². The van der Waals surface area contributed by atoms with Gasteiger partial charge in [-0.3, -0.25) is 14.4 Å². The standard InChI is InChI=1S/C41H67N7O6/c1-28(2)21-31(37(50)45-20-14-8-13-19-42)24-36(49)34(23-30-17-11-7-12-18-30)47-38(51)35(25-32-26-44-27-46-32)48(40(53)54-41(3,4)5)39(52)33(43)22-29-15-9-6-10-16-29/h6,9-10,15-16,26-28,30-31,33-36,49H,7-8,11-14,17-25,42-43H2,1-5H3,(H,44,46)(H,45,50)(H,47,51)/t31-,33+,34+,35+,36+/m1/s1. The van der Waals surface area contributed by atoms with Gasteiger partial charge in [0.2, 0.25) is 17.7 Å². The second kappa shape index (κ2) is 22.5. The summed E-state index contributed by atoms with van der Waals surface area (Å²) in [6, 6.07) is 5.89. The van der Waals surface area contributed by atoms with Crippen LogP contribution in [-0.4, -0.2) is 86.7 Å². The second-order valence-electron chi connectivity index (χ2n) is 16.4. The number of hydrogen-bond acceptors (Lipinski definition) is 9. The number of carbonyl (C=O) groups excluding carboxylic acids is 4. The van der Waals surface area contributed by atoms with Gasteiger partial charge in [0.05, 0.1) is 30.2 Å². The number of aromatic nitrogens is 2. The number of benzene rings is 1. The lowest BCUT2D eigenvalue weighted by atomic mass is 9.81. The summed E-state index contributed by atoms with van der Waals surface area (Å²) < 4.78 is 5.72. The molecule has 0 unspecified atom stereocenters. The first-order valence-corrected chi connectivity index (χ1v) is 20.0. The summed E-state index contributed by atoms with van der Waals surface area (Å²) >= 11 is 0. The highest BCUT2D eigenvalue weighted by atomic mass is 16.6. The maximum absolute atomic E-state index is 14.7. The van der Waals surface area contributed by atoms with Crippen molar-refractivity contribution in [2.75, 3.05) is 13.1 Å². The third-order valence-electron chi connectivity index (χ3n) is 9.95. The number of nitrogens with zero attached hydrogens (tertiary/aromatic N) is 2. The number of nitrogens with two attached hydrogens (primary N) is 2. The molecule has 1 aromatic heterocycles. The SMILES string of the molecule is CC(C)C[C@H](C[C@H](O)[C@H](CC1CCCCC1)NC(=O)[C@H](Cc1c[nH]cn1)N(C(=O)OC(C)(C)C)C(=O)[C@@H](N)Cc1ccccc1)C(=O)NCCCCCN. The van der Waals surface area contributed by atoms with E-state index in [9.17, 15) is 24.3 Å². The number of H-pyrrole nitrogens is 1. The van der Waals surface area contributed by atoms with E-state index >= 15 is 0 Å². The Bertz CT molecular complexity index is 1410. The fourth-order valence-electron chi connectivity index (χ4n) is 7.23. The van der Waals surface area contributed by atoms with Crippen molar-refractivity contribution in [2.45, 2.75) is 148 Å². The van der Waals surface area contributed by atoms with E-state index in [0.717, 1.165) is 61.8 Å². The monoisotopic (exact) mass is 754 g/mol. The number of aliphatic hydroxyl groups excluding tert-OH is 1. The molecular weight excluding hydrogens is 686 g/mol. The molecule has 0 radical (unpaired) electrons. The fraction of sp³-hybridized carbons (Fsp3) is 0.683. The smallest absolute Gasteiger partial charge is 0.417 e. The van der Waals surface area contributed by atoms with Crippen LogP contribution in [0.1, 0.15) is 117 Å². The number of aromatic amines is 1. The van der Waals surface area contributed by atoms with Crippen LogP contribution in [0.2, 0.25) is 0 Å². The van der Waals surface area contributed by atoms with Crippen LogP contribution in [-0.2, 0) is 32.0 Å². The van der Waals surface area contributed by atoms with E-state index in [4.69, 9.17) is 16.2 Å². The number of nitrogens with one attached hydrogen (secondary N) is 3. The van der Waals surface area contributed by atoms with Crippen molar-refractivity contribution in [3.05, 3.63) is 54.1 Å². The summed E-state index contributed by atoms with van der Waals surface area (Å²) in [5.41, 5.74) is 12.4. The van der Waals surface area contributed by atoms with E-state index in [1.54, 1.807) is 27.0 Å². The molecule has 54 heavy (non-hydrogen) atoms. The van der Waals surface area contributed by atoms with Gasteiger partial charge in [-0.2, -0.15) is 0 Å². The van der Waals surface area contributed by atoms with Gasteiger partial charge >= 0.3 is 6.09 Å². The Morgan fingerprint density at radius 2 is 1.70 bits per heavy atom. The maximum Gasteiger partial charge on any atom is 0.417 e. The Kier molecular flexibility index (Phi) is 18.6. The predicted molar refractivity (Wildman–Crippen MR) is 210 cm³/mol. The molecule has 0 aliphatic heterocycles. The van der Waals surface area contributed by atoms with E-state index in [1.165, 1.54) is 6.33 Å². The fourth-order valence-corrected chi connectivity index (χ4v) is 7.23. The van der Waals surface area contributed by atoms with Crippen LogP contribution in [0.4, 0.5) is 4.79 Å². The molecule has 1 fully saturated rings. The average molecular weight is 754 g/mol. The third-order valence-corrected chi connectivity index (χ3v) is 9.95. The van der Waals surface area contributed by atoms with Gasteiger partial charge in [-0.05, 0) is 83.2 Å². The van der Waals surface area contributed by atoms with Gasteiger partial charge < -0.3 is 36.9 Å². The van der Waals surface area contributed by atoms with Gasteiger partial charge in [0.25, 0.3) is 0 Å². The summed E-state index contributed by atoms with van der Waals surface area (Å²) in [7, 11) is 0. The molecule has 0 spiro atoms. The van der Waals surface area contributed by atoms with Crippen LogP contribution >= 0.6 is 0 Å². The highest BCUT2D eigenvalue weighted by Gasteiger charge is 2.42. The molecule has 1 heterocycles. The molecule has 1 aliphatic carbocycles. The van der Waals surface area contributed by atoms with E-state index in [2.05, 4.69) is 20.6 Å². The quantitative estimate of drug-likeness (QED) is 0.0971. The minimum atomic E-state index is -1.40. The highest BCUT2D eigenvalue weighted by molar-refractivity contribution is 6.00. The predicted octanol–water partition coefficient (Wildman–Crippen LogP) is 4.77. The number of aliphatic hydroxyl groups is 1. The summed E-state index contributed by atoms with van der Waals surface area (Å²) in [5.74, 6) is -1.56. The van der Waals surface area contributed by atoms with Crippen LogP contribution in [0.3, 0.4) is 0 Å². The molecule has 0 bridgehead atoms.